The zero-order valence-electron chi connectivity index (χ0n) is 32.5. The Hall–Kier alpha value is -6.40. The van der Waals surface area contributed by atoms with Gasteiger partial charge in [-0.1, -0.05) is 43.7 Å². The van der Waals surface area contributed by atoms with Gasteiger partial charge in [-0.05, 0) is 50.9 Å². The Bertz CT molecular complexity index is 2310. The number of amides is 3. The Morgan fingerprint density at radius 3 is 2.34 bits per heavy atom. The van der Waals surface area contributed by atoms with Crippen molar-refractivity contribution in [2.24, 2.45) is 17.6 Å². The molecule has 6 rings (SSSR count). The third-order valence-corrected chi connectivity index (χ3v) is 10.8. The first-order chi connectivity index (χ1) is 27.4. The molecule has 0 spiro atoms. The van der Waals surface area contributed by atoms with E-state index in [9.17, 15) is 49.2 Å². The van der Waals surface area contributed by atoms with Crippen LogP contribution in [0.15, 0.2) is 72.7 Å². The van der Waals surface area contributed by atoms with Gasteiger partial charge in [0, 0.05) is 43.4 Å². The number of allylic oxidation sites excluding steroid dienone is 1. The summed E-state index contributed by atoms with van der Waals surface area (Å²) in [5.74, 6) is -9.73. The number of unbranched alkanes of at least 4 members (excludes halogenated alkanes) is 1. The topological polar surface area (TPSA) is 267 Å². The zero-order valence-corrected chi connectivity index (χ0v) is 32.5. The summed E-state index contributed by atoms with van der Waals surface area (Å²) in [6, 6.07) is 8.88. The normalized spacial score (nSPS) is 21.3. The number of ether oxygens (including phenoxy) is 1. The summed E-state index contributed by atoms with van der Waals surface area (Å²) < 4.78 is 15.7. The van der Waals surface area contributed by atoms with Crippen molar-refractivity contribution in [2.45, 2.75) is 50.9 Å². The number of nitrogens with one attached hydrogen (secondary N) is 1. The van der Waals surface area contributed by atoms with E-state index in [1.807, 2.05) is 6.92 Å². The molecule has 18 nitrogen and oxygen atoms in total. The molecule has 18 heteroatoms. The Kier molecular flexibility index (Phi) is 11.3. The number of primary amides is 1. The molecule has 1 aromatic heterocycles. The molecule has 308 valence electrons. The molecule has 7 N–H and O–H groups in total. The second-order valence-electron chi connectivity index (χ2n) is 15.0. The molecule has 3 amide bonds. The van der Waals surface area contributed by atoms with Gasteiger partial charge in [0.2, 0.25) is 11.7 Å². The van der Waals surface area contributed by atoms with Gasteiger partial charge in [0.25, 0.3) is 5.91 Å². The number of phenols is 1. The Balaban J connectivity index is 1.29. The highest BCUT2D eigenvalue weighted by molar-refractivity contribution is 6.25. The number of aliphatic hydroxyl groups is 3. The molecule has 2 aromatic carbocycles. The zero-order chi connectivity index (χ0) is 42.4. The molecule has 0 radical (unpaired) electrons. The van der Waals surface area contributed by atoms with Crippen LogP contribution in [0.2, 0.25) is 0 Å². The lowest BCUT2D eigenvalue weighted by Crippen LogP contribution is -2.63. The van der Waals surface area contributed by atoms with Crippen molar-refractivity contribution in [3.63, 3.8) is 0 Å². The van der Waals surface area contributed by atoms with Gasteiger partial charge < -0.3 is 49.9 Å². The van der Waals surface area contributed by atoms with Crippen molar-refractivity contribution >= 4 is 40.8 Å². The van der Waals surface area contributed by atoms with E-state index in [0.29, 0.717) is 29.7 Å². The van der Waals surface area contributed by atoms with Gasteiger partial charge >= 0.3 is 11.9 Å². The van der Waals surface area contributed by atoms with Crippen LogP contribution in [-0.2, 0) is 32.1 Å². The van der Waals surface area contributed by atoms with Crippen molar-refractivity contribution < 1.29 is 58.0 Å². The van der Waals surface area contributed by atoms with E-state index in [-0.39, 0.29) is 47.7 Å². The summed E-state index contributed by atoms with van der Waals surface area (Å²) in [6.07, 6.45) is 0.167. The summed E-state index contributed by atoms with van der Waals surface area (Å²) >= 11 is 0. The summed E-state index contributed by atoms with van der Waals surface area (Å²) in [7, 11) is 6.44. The van der Waals surface area contributed by atoms with Crippen LogP contribution in [0, 0.1) is 11.8 Å². The van der Waals surface area contributed by atoms with E-state index >= 15 is 0 Å². The molecule has 0 aliphatic heterocycles. The predicted molar refractivity (Wildman–Crippen MR) is 206 cm³/mol. The molecule has 0 bridgehead atoms. The molecule has 0 saturated carbocycles. The van der Waals surface area contributed by atoms with Crippen molar-refractivity contribution in [1.29, 1.82) is 0 Å². The first-order valence-electron chi connectivity index (χ1n) is 18.5. The number of likely N-dealkylation sites (N-methyl/N-ethyl adjacent to an activating group) is 1. The molecular formula is C40H45N5O13. The van der Waals surface area contributed by atoms with Gasteiger partial charge in [-0.15, -0.1) is 0 Å². The minimum Gasteiger partial charge on any atom is -0.510 e. The lowest BCUT2D eigenvalue weighted by atomic mass is 9.58. The van der Waals surface area contributed by atoms with Crippen LogP contribution in [-0.4, -0.2) is 113 Å². The van der Waals surface area contributed by atoms with Gasteiger partial charge in [0.1, 0.15) is 23.6 Å². The second kappa shape index (κ2) is 15.9. The van der Waals surface area contributed by atoms with E-state index < -0.39 is 94.8 Å². The van der Waals surface area contributed by atoms with Crippen LogP contribution >= 0.6 is 0 Å². The van der Waals surface area contributed by atoms with Gasteiger partial charge in [0.05, 0.1) is 17.3 Å². The number of ketones is 2. The van der Waals surface area contributed by atoms with Crippen LogP contribution < -0.4 is 21.8 Å². The van der Waals surface area contributed by atoms with E-state index in [1.165, 1.54) is 11.0 Å². The Morgan fingerprint density at radius 1 is 1.03 bits per heavy atom. The SMILES string of the molecule is CCCCN(CC(=O)Nc1cc(N(C)C)c2c(c1O)C(=O)C1=C(O)[C@]3(O)C(=O)C(C(N)=O)=C(O)[C@@H](N(C)C)C3CC1C2)C(=O)OCc1oc(=O)oc1-c1ccccc1. The van der Waals surface area contributed by atoms with Crippen molar-refractivity contribution in [3.05, 3.63) is 86.6 Å². The van der Waals surface area contributed by atoms with Crippen LogP contribution in [0.3, 0.4) is 0 Å². The molecule has 4 atom stereocenters. The first-order valence-corrected chi connectivity index (χ1v) is 18.5. The maximum atomic E-state index is 14.4. The smallest absolute Gasteiger partial charge is 0.510 e. The number of fused-ring (bicyclic) bond motifs is 3. The van der Waals surface area contributed by atoms with Crippen LogP contribution in [0.1, 0.15) is 47.9 Å². The minimum atomic E-state index is -2.82. The summed E-state index contributed by atoms with van der Waals surface area (Å²) in [6.45, 7) is 0.937. The maximum Gasteiger partial charge on any atom is 0.519 e. The van der Waals surface area contributed by atoms with Crippen molar-refractivity contribution in [2.75, 3.05) is 51.5 Å². The lowest BCUT2D eigenvalue weighted by Gasteiger charge is -2.50. The van der Waals surface area contributed by atoms with Gasteiger partial charge in [-0.2, -0.15) is 0 Å². The summed E-state index contributed by atoms with van der Waals surface area (Å²) in [5.41, 5.74) is 2.09. The number of hydrogen-bond donors (Lipinski definition) is 6. The van der Waals surface area contributed by atoms with Crippen LogP contribution in [0.25, 0.3) is 11.3 Å². The number of hydrogen-bond acceptors (Lipinski definition) is 15. The average molecular weight is 804 g/mol. The third kappa shape index (κ3) is 7.08. The lowest BCUT2D eigenvalue weighted by molar-refractivity contribution is -0.148. The fraction of sp³-hybridized carbons (Fsp3) is 0.400. The minimum absolute atomic E-state index is 0.0310. The van der Waals surface area contributed by atoms with Crippen LogP contribution in [0.4, 0.5) is 16.2 Å². The fourth-order valence-electron chi connectivity index (χ4n) is 8.17. The summed E-state index contributed by atoms with van der Waals surface area (Å²) in [5, 5.41) is 48.8. The van der Waals surface area contributed by atoms with E-state index in [1.54, 1.807) is 63.4 Å². The molecule has 3 aromatic rings. The highest BCUT2D eigenvalue weighted by Gasteiger charge is 2.63. The van der Waals surface area contributed by atoms with Crippen molar-refractivity contribution in [3.8, 4) is 17.1 Å². The molecule has 3 aliphatic carbocycles. The van der Waals surface area contributed by atoms with Gasteiger partial charge in [0.15, 0.2) is 35.3 Å². The highest BCUT2D eigenvalue weighted by atomic mass is 16.6. The highest BCUT2D eigenvalue weighted by Crippen LogP contribution is 2.54. The number of Topliss-reactive ketones (excluding diaryl/α,β-unsaturated/α-hetero) is 2. The van der Waals surface area contributed by atoms with E-state index in [2.05, 4.69) is 5.32 Å². The van der Waals surface area contributed by atoms with E-state index in [4.69, 9.17) is 19.3 Å². The number of nitrogens with zero attached hydrogens (tertiary/aromatic N) is 3. The van der Waals surface area contributed by atoms with Gasteiger partial charge in [-0.25, -0.2) is 9.59 Å². The first kappa shape index (κ1) is 41.2. The Morgan fingerprint density at radius 2 is 1.72 bits per heavy atom. The number of rotatable bonds is 12. The predicted octanol–water partition coefficient (Wildman–Crippen LogP) is 2.78. The number of nitrogens with two attached hydrogens (primary N) is 1. The Labute approximate surface area is 331 Å². The molecule has 3 aliphatic rings. The molecule has 2 unspecified atom stereocenters. The number of aromatic hydroxyl groups is 1. The number of carbonyl (C=O) groups is 5. The average Bonchev–Trinajstić information content (AvgIpc) is 3.54. The molecule has 1 heterocycles. The standard InChI is InChI=1S/C40H45N5O13/c1-6-7-13-45(38(53)56-18-25-34(58-39(54)57-25)19-11-9-8-10-12-19)17-26(46)42-23-16-24(43(2)3)21-14-20-15-22-30(44(4)5)33(49)29(37(41)52)36(51)40(22,55)35(50)27(20)32(48)28(21)31(23)47/h8-12,16,20,22,30,47,49-50,55H,6-7,13-15,17-18H2,1-5H3,(H2,41,52)(H,42,46)/t20?,22?,30-,40-/m0/s1. The number of benzene rings is 2. The van der Waals surface area contributed by atoms with Crippen molar-refractivity contribution in [1.82, 2.24) is 9.80 Å². The van der Waals surface area contributed by atoms with Gasteiger partial charge in [-0.3, -0.25) is 29.0 Å². The third-order valence-electron chi connectivity index (χ3n) is 10.8. The number of aliphatic hydroxyl groups excluding tert-OH is 2. The summed E-state index contributed by atoms with van der Waals surface area (Å²) in [4.78, 5) is 83.4. The number of phenolic OH excluding ortho intramolecular Hbond substituents is 1. The fourth-order valence-corrected chi connectivity index (χ4v) is 8.17. The monoisotopic (exact) mass is 803 g/mol. The quantitative estimate of drug-likeness (QED) is 0.114. The number of anilines is 2. The van der Waals surface area contributed by atoms with Crippen LogP contribution in [0.5, 0.6) is 5.75 Å². The molecule has 0 fully saturated rings. The molecular weight excluding hydrogens is 758 g/mol. The molecule has 58 heavy (non-hydrogen) atoms. The number of carbonyl (C=O) groups excluding carboxylic acids is 5. The largest absolute Gasteiger partial charge is 0.519 e. The van der Waals surface area contributed by atoms with E-state index in [0.717, 1.165) is 4.90 Å². The molecule has 0 saturated heterocycles. The second-order valence-corrected chi connectivity index (χ2v) is 15.0. The maximum absolute atomic E-state index is 14.4.